The molecule has 0 unspecified atom stereocenters. The number of fused-ring (bicyclic) bond motifs is 1. The van der Waals surface area contributed by atoms with Crippen molar-refractivity contribution in [3.8, 4) is 0 Å². The first-order chi connectivity index (χ1) is 14.7. The smallest absolute Gasteiger partial charge is 0.287 e. The molecule has 3 aromatic rings. The number of aromatic nitrogens is 1. The zero-order valence-electron chi connectivity index (χ0n) is 16.9. The Labute approximate surface area is 179 Å². The second-order valence-corrected chi connectivity index (χ2v) is 8.41. The molecule has 1 N–H and O–H groups in total. The molecule has 0 spiro atoms. The predicted octanol–water partition coefficient (Wildman–Crippen LogP) is 3.68. The lowest BCUT2D eigenvalue weighted by atomic mass is 9.97. The fraction of sp³-hybridized carbons (Fsp3) is 0.409. The highest BCUT2D eigenvalue weighted by atomic mass is 32.2. The Balaban J connectivity index is 1.46. The van der Waals surface area contributed by atoms with E-state index in [1.54, 1.807) is 23.9 Å². The van der Waals surface area contributed by atoms with Gasteiger partial charge in [0.05, 0.1) is 12.2 Å². The maximum atomic E-state index is 13.3. The number of carbonyl (C=O) groups is 2. The van der Waals surface area contributed by atoms with Crippen LogP contribution in [-0.2, 0) is 4.79 Å². The lowest BCUT2D eigenvalue weighted by Gasteiger charge is -2.34. The highest BCUT2D eigenvalue weighted by Gasteiger charge is 2.32. The third kappa shape index (κ3) is 4.53. The number of oxazole rings is 1. The minimum Gasteiger partial charge on any atom is -0.459 e. The second kappa shape index (κ2) is 9.38. The molecule has 1 saturated heterocycles. The van der Waals surface area contributed by atoms with Crippen molar-refractivity contribution in [1.29, 1.82) is 0 Å². The van der Waals surface area contributed by atoms with E-state index in [0.717, 1.165) is 29.7 Å². The molecular formula is C22H25N3O4S. The fourth-order valence-corrected chi connectivity index (χ4v) is 4.27. The van der Waals surface area contributed by atoms with Crippen LogP contribution < -0.4 is 5.32 Å². The van der Waals surface area contributed by atoms with E-state index < -0.39 is 6.04 Å². The van der Waals surface area contributed by atoms with E-state index in [-0.39, 0.29) is 23.5 Å². The molecular weight excluding hydrogens is 402 g/mol. The number of likely N-dealkylation sites (tertiary alicyclic amines) is 1. The lowest BCUT2D eigenvalue weighted by Crippen LogP contribution is -2.51. The average molecular weight is 428 g/mol. The zero-order valence-corrected chi connectivity index (χ0v) is 17.7. The quantitative estimate of drug-likeness (QED) is 0.619. The standard InChI is InChI=1S/C22H25N3O4S/c1-30-13-10-17(23-20(26)19-9-5-12-28-19)22(27)25-11-4-6-15(14-25)21-24-16-7-2-3-8-18(16)29-21/h2-3,5,7-9,12,15,17H,4,6,10-11,13-14H2,1H3,(H,23,26)/t15-,17+/m1/s1. The van der Waals surface area contributed by atoms with E-state index >= 15 is 0 Å². The van der Waals surface area contributed by atoms with Crippen molar-refractivity contribution in [1.82, 2.24) is 15.2 Å². The van der Waals surface area contributed by atoms with Crippen molar-refractivity contribution in [2.24, 2.45) is 0 Å². The van der Waals surface area contributed by atoms with Gasteiger partial charge in [0.15, 0.2) is 17.2 Å². The van der Waals surface area contributed by atoms with Crippen LogP contribution in [0.1, 0.15) is 41.6 Å². The Morgan fingerprint density at radius 2 is 2.17 bits per heavy atom. The maximum absolute atomic E-state index is 13.3. The van der Waals surface area contributed by atoms with Crippen LogP contribution in [0.25, 0.3) is 11.1 Å². The number of nitrogens with one attached hydrogen (secondary N) is 1. The molecule has 30 heavy (non-hydrogen) atoms. The Kier molecular flexibility index (Phi) is 6.42. The van der Waals surface area contributed by atoms with Crippen LogP contribution in [0.4, 0.5) is 0 Å². The Hall–Kier alpha value is -2.74. The van der Waals surface area contributed by atoms with Gasteiger partial charge in [0.1, 0.15) is 11.6 Å². The number of hydrogen-bond donors (Lipinski definition) is 1. The molecule has 2 amide bonds. The number of thioether (sulfide) groups is 1. The average Bonchev–Trinajstić information content (AvgIpc) is 3.46. The summed E-state index contributed by atoms with van der Waals surface area (Å²) < 4.78 is 11.1. The summed E-state index contributed by atoms with van der Waals surface area (Å²) in [4.78, 5) is 32.2. The number of piperidine rings is 1. The van der Waals surface area contributed by atoms with E-state index in [2.05, 4.69) is 10.3 Å². The minimum atomic E-state index is -0.586. The van der Waals surface area contributed by atoms with Crippen molar-refractivity contribution in [2.45, 2.75) is 31.2 Å². The normalized spacial score (nSPS) is 17.8. The number of rotatable bonds is 7. The highest BCUT2D eigenvalue weighted by molar-refractivity contribution is 7.98. The molecule has 8 heteroatoms. The highest BCUT2D eigenvalue weighted by Crippen LogP contribution is 2.29. The molecule has 1 aromatic carbocycles. The molecule has 1 aliphatic heterocycles. The number of furan rings is 1. The van der Waals surface area contributed by atoms with Crippen LogP contribution in [0.3, 0.4) is 0 Å². The molecule has 2 aromatic heterocycles. The fourth-order valence-electron chi connectivity index (χ4n) is 3.79. The van der Waals surface area contributed by atoms with Gasteiger partial charge in [-0.1, -0.05) is 12.1 Å². The largest absolute Gasteiger partial charge is 0.459 e. The lowest BCUT2D eigenvalue weighted by molar-refractivity contribution is -0.134. The van der Waals surface area contributed by atoms with E-state index in [1.165, 1.54) is 6.26 Å². The van der Waals surface area contributed by atoms with Crippen LogP contribution in [0.15, 0.2) is 51.5 Å². The molecule has 7 nitrogen and oxygen atoms in total. The van der Waals surface area contributed by atoms with Crippen molar-refractivity contribution in [2.75, 3.05) is 25.1 Å². The number of hydrogen-bond acceptors (Lipinski definition) is 6. The first kappa shape index (κ1) is 20.5. The van der Waals surface area contributed by atoms with Gasteiger partial charge < -0.3 is 19.1 Å². The van der Waals surface area contributed by atoms with Crippen LogP contribution in [0, 0.1) is 0 Å². The predicted molar refractivity (Wildman–Crippen MR) is 116 cm³/mol. The molecule has 3 heterocycles. The summed E-state index contributed by atoms with van der Waals surface area (Å²) in [6.45, 7) is 1.21. The number of para-hydroxylation sites is 2. The Morgan fingerprint density at radius 3 is 2.93 bits per heavy atom. The summed E-state index contributed by atoms with van der Waals surface area (Å²) in [5.74, 6) is 1.28. The Bertz CT molecular complexity index is 968. The van der Waals surface area contributed by atoms with Crippen LogP contribution in [0.5, 0.6) is 0 Å². The number of carbonyl (C=O) groups excluding carboxylic acids is 2. The van der Waals surface area contributed by atoms with Gasteiger partial charge in [-0.05, 0) is 55.5 Å². The summed E-state index contributed by atoms with van der Waals surface area (Å²) in [6.07, 6.45) is 5.79. The summed E-state index contributed by atoms with van der Waals surface area (Å²) in [5, 5.41) is 2.85. The van der Waals surface area contributed by atoms with E-state index in [4.69, 9.17) is 8.83 Å². The van der Waals surface area contributed by atoms with Crippen LogP contribution in [0.2, 0.25) is 0 Å². The number of amides is 2. The van der Waals surface area contributed by atoms with Gasteiger partial charge in [-0.25, -0.2) is 4.98 Å². The maximum Gasteiger partial charge on any atom is 0.287 e. The minimum absolute atomic E-state index is 0.0528. The molecule has 1 aliphatic rings. The summed E-state index contributed by atoms with van der Waals surface area (Å²) in [7, 11) is 0. The molecule has 158 valence electrons. The third-order valence-corrected chi connectivity index (χ3v) is 6.00. The van der Waals surface area contributed by atoms with Crippen molar-refractivity contribution < 1.29 is 18.4 Å². The van der Waals surface area contributed by atoms with Gasteiger partial charge in [0, 0.05) is 13.1 Å². The van der Waals surface area contributed by atoms with Crippen molar-refractivity contribution >= 4 is 34.7 Å². The SMILES string of the molecule is CSCC[C@H](NC(=O)c1ccco1)C(=O)N1CCC[C@@H](c2nc3ccccc3o2)C1. The first-order valence-electron chi connectivity index (χ1n) is 10.1. The molecule has 0 bridgehead atoms. The van der Waals surface area contributed by atoms with E-state index in [0.29, 0.717) is 25.4 Å². The molecule has 4 rings (SSSR count). The topological polar surface area (TPSA) is 88.6 Å². The molecule has 0 saturated carbocycles. The summed E-state index contributed by atoms with van der Waals surface area (Å²) in [5.41, 5.74) is 1.60. The second-order valence-electron chi connectivity index (χ2n) is 7.43. The van der Waals surface area contributed by atoms with Gasteiger partial charge in [0.25, 0.3) is 5.91 Å². The third-order valence-electron chi connectivity index (χ3n) is 5.35. The number of benzene rings is 1. The van der Waals surface area contributed by atoms with Crippen molar-refractivity contribution in [3.63, 3.8) is 0 Å². The van der Waals surface area contributed by atoms with Gasteiger partial charge in [-0.15, -0.1) is 0 Å². The molecule has 0 radical (unpaired) electrons. The zero-order chi connectivity index (χ0) is 20.9. The summed E-state index contributed by atoms with van der Waals surface area (Å²) >= 11 is 1.65. The molecule has 1 fully saturated rings. The first-order valence-corrected chi connectivity index (χ1v) is 11.5. The number of nitrogens with zero attached hydrogens (tertiary/aromatic N) is 2. The van der Waals surface area contributed by atoms with E-state index in [1.807, 2.05) is 35.4 Å². The monoisotopic (exact) mass is 427 g/mol. The Morgan fingerprint density at radius 1 is 1.30 bits per heavy atom. The van der Waals surface area contributed by atoms with Gasteiger partial charge >= 0.3 is 0 Å². The van der Waals surface area contributed by atoms with Gasteiger partial charge in [-0.2, -0.15) is 11.8 Å². The molecule has 0 aliphatic carbocycles. The van der Waals surface area contributed by atoms with Crippen LogP contribution >= 0.6 is 11.8 Å². The molecule has 2 atom stereocenters. The van der Waals surface area contributed by atoms with E-state index in [9.17, 15) is 9.59 Å². The van der Waals surface area contributed by atoms with Crippen LogP contribution in [-0.4, -0.2) is 52.8 Å². The summed E-state index contributed by atoms with van der Waals surface area (Å²) in [6, 6.07) is 10.3. The van der Waals surface area contributed by atoms with Gasteiger partial charge in [0.2, 0.25) is 5.91 Å². The van der Waals surface area contributed by atoms with Gasteiger partial charge in [-0.3, -0.25) is 9.59 Å². The van der Waals surface area contributed by atoms with Crippen molar-refractivity contribution in [3.05, 3.63) is 54.3 Å².